The number of H-pyrrole nitrogens is 1. The minimum absolute atomic E-state index is 0.0233. The number of nitrogens with zero attached hydrogens (tertiary/aromatic N) is 3. The molecule has 1 saturated heterocycles. The zero-order chi connectivity index (χ0) is 22.8. The summed E-state index contributed by atoms with van der Waals surface area (Å²) in [6.07, 6.45) is 0. The van der Waals surface area contributed by atoms with Crippen LogP contribution in [0.3, 0.4) is 0 Å². The maximum Gasteiger partial charge on any atom is 0.199 e. The zero-order valence-corrected chi connectivity index (χ0v) is 18.6. The van der Waals surface area contributed by atoms with E-state index < -0.39 is 0 Å². The number of halogens is 1. The molecule has 0 aliphatic carbocycles. The predicted octanol–water partition coefficient (Wildman–Crippen LogP) is 4.93. The van der Waals surface area contributed by atoms with Gasteiger partial charge in [-0.25, -0.2) is 9.38 Å². The van der Waals surface area contributed by atoms with Gasteiger partial charge in [-0.3, -0.25) is 4.90 Å². The Bertz CT molecular complexity index is 1270. The van der Waals surface area contributed by atoms with Crippen molar-refractivity contribution in [3.05, 3.63) is 95.3 Å². The van der Waals surface area contributed by atoms with Crippen LogP contribution in [0, 0.1) is 5.82 Å². The molecule has 1 fully saturated rings. The highest BCUT2D eigenvalue weighted by atomic mass is 19.1. The van der Waals surface area contributed by atoms with Crippen molar-refractivity contribution in [1.29, 1.82) is 0 Å². The number of likely N-dealkylation sites (N-methyl/N-ethyl adjacent to an activating group) is 1. The van der Waals surface area contributed by atoms with E-state index in [1.807, 2.05) is 42.5 Å². The van der Waals surface area contributed by atoms with E-state index in [-0.39, 0.29) is 11.7 Å². The number of hydrogen-bond acceptors (Lipinski definition) is 4. The van der Waals surface area contributed by atoms with E-state index in [1.54, 1.807) is 6.07 Å². The number of aliphatic imine (C=N–C) groups is 1. The van der Waals surface area contributed by atoms with Crippen LogP contribution >= 0.6 is 0 Å². The van der Waals surface area contributed by atoms with Crippen molar-refractivity contribution in [2.24, 2.45) is 4.99 Å². The molecule has 0 amide bonds. The highest BCUT2D eigenvalue weighted by Gasteiger charge is 2.19. The van der Waals surface area contributed by atoms with Crippen LogP contribution in [-0.2, 0) is 6.54 Å². The molecule has 1 aromatic heterocycles. The average molecular weight is 443 g/mol. The highest BCUT2D eigenvalue weighted by Crippen LogP contribution is 2.32. The summed E-state index contributed by atoms with van der Waals surface area (Å²) in [6.45, 7) is 5.28. The molecule has 4 aromatic rings. The Morgan fingerprint density at radius 1 is 0.970 bits per heavy atom. The Kier molecular flexibility index (Phi) is 5.94. The second-order valence-corrected chi connectivity index (χ2v) is 8.61. The molecule has 0 saturated carbocycles. The Morgan fingerprint density at radius 3 is 2.42 bits per heavy atom. The lowest BCUT2D eigenvalue weighted by atomic mass is 10.0. The number of nitrogens with one attached hydrogen (secondary N) is 1. The van der Waals surface area contributed by atoms with E-state index in [0.29, 0.717) is 16.8 Å². The third kappa shape index (κ3) is 4.67. The van der Waals surface area contributed by atoms with E-state index >= 15 is 0 Å². The summed E-state index contributed by atoms with van der Waals surface area (Å²) in [5, 5.41) is 11.4. The number of piperazine rings is 1. The van der Waals surface area contributed by atoms with Gasteiger partial charge in [-0.15, -0.1) is 0 Å². The molecule has 6 heteroatoms. The molecule has 0 bridgehead atoms. The molecule has 1 aliphatic heterocycles. The summed E-state index contributed by atoms with van der Waals surface area (Å²) in [5.74, 6) is -0.380. The van der Waals surface area contributed by atoms with Crippen LogP contribution < -0.4 is 0 Å². The lowest BCUT2D eigenvalue weighted by Crippen LogP contribution is -2.43. The number of benzene rings is 3. The van der Waals surface area contributed by atoms with Gasteiger partial charge < -0.3 is 15.0 Å². The minimum Gasteiger partial charge on any atom is -0.494 e. The molecule has 0 spiro atoms. The molecule has 0 unspecified atom stereocenters. The number of aromatic hydroxyl groups is 1. The number of aromatic amines is 1. The molecule has 5 rings (SSSR count). The van der Waals surface area contributed by atoms with Crippen molar-refractivity contribution in [3.63, 3.8) is 0 Å². The first-order valence-corrected chi connectivity index (χ1v) is 11.2. The number of fused-ring (bicyclic) bond motifs is 1. The first-order chi connectivity index (χ1) is 16.1. The van der Waals surface area contributed by atoms with Crippen molar-refractivity contribution >= 4 is 22.3 Å². The number of hydrogen-bond donors (Lipinski definition) is 2. The van der Waals surface area contributed by atoms with Gasteiger partial charge in [0.1, 0.15) is 5.82 Å². The average Bonchev–Trinajstić information content (AvgIpc) is 3.15. The minimum atomic E-state index is -0.357. The number of rotatable bonds is 5. The molecule has 0 atom stereocenters. The quantitative estimate of drug-likeness (QED) is 0.431. The van der Waals surface area contributed by atoms with Gasteiger partial charge in [-0.2, -0.15) is 0 Å². The fourth-order valence-corrected chi connectivity index (χ4v) is 4.33. The summed E-state index contributed by atoms with van der Waals surface area (Å²) in [6, 6.07) is 22.5. The molecule has 33 heavy (non-hydrogen) atoms. The lowest BCUT2D eigenvalue weighted by Gasteiger charge is -2.32. The monoisotopic (exact) mass is 442 g/mol. The zero-order valence-electron chi connectivity index (χ0n) is 18.6. The van der Waals surface area contributed by atoms with Crippen molar-refractivity contribution < 1.29 is 9.50 Å². The predicted molar refractivity (Wildman–Crippen MR) is 131 cm³/mol. The van der Waals surface area contributed by atoms with E-state index in [9.17, 15) is 9.50 Å². The van der Waals surface area contributed by atoms with Gasteiger partial charge in [0, 0.05) is 43.7 Å². The first-order valence-electron chi connectivity index (χ1n) is 11.2. The Labute approximate surface area is 192 Å². The fraction of sp³-hybridized carbons (Fsp3) is 0.222. The molecule has 2 heterocycles. The van der Waals surface area contributed by atoms with Crippen molar-refractivity contribution in [3.8, 4) is 5.88 Å². The topological polar surface area (TPSA) is 54.9 Å². The Morgan fingerprint density at radius 2 is 1.70 bits per heavy atom. The summed E-state index contributed by atoms with van der Waals surface area (Å²) in [5.41, 5.74) is 4.67. The van der Waals surface area contributed by atoms with Crippen LogP contribution in [0.25, 0.3) is 10.9 Å². The van der Waals surface area contributed by atoms with Crippen LogP contribution in [0.1, 0.15) is 16.7 Å². The third-order valence-electron chi connectivity index (χ3n) is 6.20. The van der Waals surface area contributed by atoms with Gasteiger partial charge >= 0.3 is 0 Å². The second-order valence-electron chi connectivity index (χ2n) is 8.61. The van der Waals surface area contributed by atoms with Crippen molar-refractivity contribution in [2.75, 3.05) is 33.2 Å². The van der Waals surface area contributed by atoms with Crippen LogP contribution in [-0.4, -0.2) is 58.8 Å². The molecule has 0 radical (unpaired) electrons. The van der Waals surface area contributed by atoms with Crippen molar-refractivity contribution in [1.82, 2.24) is 14.8 Å². The molecule has 3 aromatic carbocycles. The summed E-state index contributed by atoms with van der Waals surface area (Å²) < 4.78 is 13.7. The molecular weight excluding hydrogens is 415 g/mol. The highest BCUT2D eigenvalue weighted by molar-refractivity contribution is 6.21. The molecule has 2 N–H and O–H groups in total. The van der Waals surface area contributed by atoms with Crippen LogP contribution in [0.5, 0.6) is 5.88 Å². The normalized spacial score (nSPS) is 15.9. The standard InChI is InChI=1S/C27H27FN4O/c1-31-13-15-32(16-14-31)18-19-7-10-22(11-8-19)29-26(20-5-3-2-4-6-20)25-23-12-9-21(28)17-24(23)30-27(25)33/h2-12,17,30,33H,13-16,18H2,1H3. The molecular formula is C27H27FN4O. The lowest BCUT2D eigenvalue weighted by molar-refractivity contribution is 0.148. The van der Waals surface area contributed by atoms with E-state index in [4.69, 9.17) is 4.99 Å². The SMILES string of the molecule is CN1CCN(Cc2ccc(N=C(c3ccccc3)c3c(O)[nH]c4cc(F)ccc34)cc2)CC1. The largest absolute Gasteiger partial charge is 0.494 e. The van der Waals surface area contributed by atoms with Crippen LogP contribution in [0.2, 0.25) is 0 Å². The summed E-state index contributed by atoms with van der Waals surface area (Å²) >= 11 is 0. The van der Waals surface area contributed by atoms with Gasteiger partial charge in [0.25, 0.3) is 0 Å². The van der Waals surface area contributed by atoms with E-state index in [0.717, 1.165) is 49.4 Å². The summed E-state index contributed by atoms with van der Waals surface area (Å²) in [4.78, 5) is 12.6. The maximum absolute atomic E-state index is 13.7. The van der Waals surface area contributed by atoms with Gasteiger partial charge in [0.15, 0.2) is 5.88 Å². The number of aromatic nitrogens is 1. The second kappa shape index (κ2) is 9.17. The van der Waals surface area contributed by atoms with Gasteiger partial charge in [0.2, 0.25) is 0 Å². The molecule has 168 valence electrons. The molecule has 1 aliphatic rings. The van der Waals surface area contributed by atoms with Crippen LogP contribution in [0.15, 0.2) is 77.8 Å². The smallest absolute Gasteiger partial charge is 0.199 e. The van der Waals surface area contributed by atoms with Gasteiger partial charge in [-0.05, 0) is 42.9 Å². The third-order valence-corrected chi connectivity index (χ3v) is 6.20. The van der Waals surface area contributed by atoms with Crippen molar-refractivity contribution in [2.45, 2.75) is 6.54 Å². The maximum atomic E-state index is 13.7. The van der Waals surface area contributed by atoms with Gasteiger partial charge in [-0.1, -0.05) is 42.5 Å². The van der Waals surface area contributed by atoms with Gasteiger partial charge in [0.05, 0.1) is 22.5 Å². The Hall–Kier alpha value is -3.48. The molecule has 5 nitrogen and oxygen atoms in total. The van der Waals surface area contributed by atoms with E-state index in [2.05, 4.69) is 34.0 Å². The fourth-order valence-electron chi connectivity index (χ4n) is 4.33. The Balaban J connectivity index is 1.49. The van der Waals surface area contributed by atoms with Crippen LogP contribution in [0.4, 0.5) is 10.1 Å². The summed E-state index contributed by atoms with van der Waals surface area (Å²) in [7, 11) is 2.16. The first kappa shape index (κ1) is 21.4. The van der Waals surface area contributed by atoms with E-state index in [1.165, 1.54) is 17.7 Å².